The maximum Gasteiger partial charge on any atom is 0.180 e. The van der Waals surface area contributed by atoms with E-state index in [1.165, 1.54) is 5.56 Å². The van der Waals surface area contributed by atoms with Crippen LogP contribution < -0.4 is 4.74 Å². The van der Waals surface area contributed by atoms with Crippen molar-refractivity contribution in [1.29, 1.82) is 0 Å². The number of imidazole rings is 1. The predicted molar refractivity (Wildman–Crippen MR) is 75.9 cm³/mol. The number of aryl methyl sites for hydroxylation is 3. The molecule has 0 N–H and O–H groups in total. The van der Waals surface area contributed by atoms with Crippen LogP contribution in [0, 0.1) is 20.8 Å². The van der Waals surface area contributed by atoms with Crippen molar-refractivity contribution >= 4 is 5.65 Å². The molecular formula is C16H16N2O. The van der Waals surface area contributed by atoms with Crippen LogP contribution in [0.3, 0.4) is 0 Å². The Morgan fingerprint density at radius 1 is 1.00 bits per heavy atom. The first-order valence-corrected chi connectivity index (χ1v) is 6.32. The van der Waals surface area contributed by atoms with Crippen LogP contribution in [-0.2, 0) is 0 Å². The van der Waals surface area contributed by atoms with E-state index in [-0.39, 0.29) is 0 Å². The number of hydrogen-bond acceptors (Lipinski definition) is 2. The average Bonchev–Trinajstić information content (AvgIpc) is 2.69. The summed E-state index contributed by atoms with van der Waals surface area (Å²) in [6.07, 6.45) is 4.06. The molecule has 0 saturated carbocycles. The third-order valence-electron chi connectivity index (χ3n) is 2.99. The first-order chi connectivity index (χ1) is 9.11. The molecule has 0 radical (unpaired) electrons. The molecule has 2 heterocycles. The van der Waals surface area contributed by atoms with Crippen LogP contribution in [-0.4, -0.2) is 9.38 Å². The van der Waals surface area contributed by atoms with Gasteiger partial charge in [-0.2, -0.15) is 0 Å². The molecule has 19 heavy (non-hydrogen) atoms. The molecule has 3 heteroatoms. The van der Waals surface area contributed by atoms with Crippen molar-refractivity contribution < 1.29 is 4.74 Å². The lowest BCUT2D eigenvalue weighted by Crippen LogP contribution is -1.92. The summed E-state index contributed by atoms with van der Waals surface area (Å²) in [5.41, 5.74) is 4.16. The van der Waals surface area contributed by atoms with E-state index in [0.29, 0.717) is 0 Å². The maximum atomic E-state index is 5.98. The van der Waals surface area contributed by atoms with Crippen LogP contribution in [0.25, 0.3) is 5.65 Å². The van der Waals surface area contributed by atoms with Gasteiger partial charge in [0.1, 0.15) is 5.75 Å². The van der Waals surface area contributed by atoms with Crippen LogP contribution in [0.1, 0.15) is 16.8 Å². The number of aromatic nitrogens is 2. The van der Waals surface area contributed by atoms with Gasteiger partial charge < -0.3 is 9.14 Å². The van der Waals surface area contributed by atoms with E-state index in [0.717, 1.165) is 28.4 Å². The molecule has 0 bridgehead atoms. The Hall–Kier alpha value is -2.29. The predicted octanol–water partition coefficient (Wildman–Crippen LogP) is 4.05. The molecule has 96 valence electrons. The fraction of sp³-hybridized carbons (Fsp3) is 0.188. The van der Waals surface area contributed by atoms with Gasteiger partial charge in [-0.3, -0.25) is 0 Å². The molecule has 0 spiro atoms. The second-order valence-corrected chi connectivity index (χ2v) is 4.91. The van der Waals surface area contributed by atoms with Crippen LogP contribution in [0.2, 0.25) is 0 Å². The zero-order chi connectivity index (χ0) is 13.4. The highest BCUT2D eigenvalue weighted by Gasteiger charge is 2.08. The standard InChI is InChI=1S/C16H16N2O/c1-11-5-4-6-14(7-11)19-15-8-12(2)9-18-10-13(3)17-16(15)18/h4-10H,1-3H3. The molecule has 0 aliphatic heterocycles. The maximum absolute atomic E-state index is 5.98. The molecule has 1 aromatic carbocycles. The Balaban J connectivity index is 2.09. The van der Waals surface area contributed by atoms with Crippen molar-refractivity contribution in [2.45, 2.75) is 20.8 Å². The molecule has 0 fully saturated rings. The quantitative estimate of drug-likeness (QED) is 0.687. The molecule has 0 saturated heterocycles. The zero-order valence-corrected chi connectivity index (χ0v) is 11.3. The second-order valence-electron chi connectivity index (χ2n) is 4.91. The van der Waals surface area contributed by atoms with Crippen molar-refractivity contribution in [3.05, 3.63) is 59.5 Å². The number of fused-ring (bicyclic) bond motifs is 1. The largest absolute Gasteiger partial charge is 0.453 e. The van der Waals surface area contributed by atoms with E-state index < -0.39 is 0 Å². The Morgan fingerprint density at radius 2 is 1.84 bits per heavy atom. The molecule has 0 unspecified atom stereocenters. The molecule has 3 rings (SSSR count). The zero-order valence-electron chi connectivity index (χ0n) is 11.3. The summed E-state index contributed by atoms with van der Waals surface area (Å²) in [6.45, 7) is 6.09. The topological polar surface area (TPSA) is 26.5 Å². The van der Waals surface area contributed by atoms with Crippen molar-refractivity contribution in [3.63, 3.8) is 0 Å². The Morgan fingerprint density at radius 3 is 2.63 bits per heavy atom. The molecule has 0 aliphatic carbocycles. The van der Waals surface area contributed by atoms with E-state index in [1.807, 2.05) is 41.8 Å². The number of pyridine rings is 1. The molecule has 0 atom stereocenters. The molecule has 0 amide bonds. The molecule has 2 aromatic heterocycles. The number of ether oxygens (including phenoxy) is 1. The van der Waals surface area contributed by atoms with E-state index in [4.69, 9.17) is 4.74 Å². The fourth-order valence-electron chi connectivity index (χ4n) is 2.21. The first kappa shape index (κ1) is 11.8. The van der Waals surface area contributed by atoms with Gasteiger partial charge in [-0.25, -0.2) is 4.98 Å². The van der Waals surface area contributed by atoms with Crippen molar-refractivity contribution in [2.75, 3.05) is 0 Å². The summed E-state index contributed by atoms with van der Waals surface area (Å²) < 4.78 is 7.99. The number of rotatable bonds is 2. The van der Waals surface area contributed by atoms with Gasteiger partial charge in [-0.1, -0.05) is 12.1 Å². The summed E-state index contributed by atoms with van der Waals surface area (Å²) in [5.74, 6) is 1.63. The van der Waals surface area contributed by atoms with Gasteiger partial charge in [0.25, 0.3) is 0 Å². The van der Waals surface area contributed by atoms with Crippen LogP contribution in [0.15, 0.2) is 42.7 Å². The molecule has 3 nitrogen and oxygen atoms in total. The van der Waals surface area contributed by atoms with Crippen molar-refractivity contribution in [2.24, 2.45) is 0 Å². The van der Waals surface area contributed by atoms with Crippen LogP contribution >= 0.6 is 0 Å². The summed E-state index contributed by atoms with van der Waals surface area (Å²) in [7, 11) is 0. The minimum absolute atomic E-state index is 0.790. The average molecular weight is 252 g/mol. The normalized spacial score (nSPS) is 10.9. The lowest BCUT2D eigenvalue weighted by molar-refractivity contribution is 0.484. The lowest BCUT2D eigenvalue weighted by Gasteiger charge is -2.08. The second kappa shape index (κ2) is 4.43. The Kier molecular flexibility index (Phi) is 2.75. The van der Waals surface area contributed by atoms with Crippen LogP contribution in [0.5, 0.6) is 11.5 Å². The highest BCUT2D eigenvalue weighted by atomic mass is 16.5. The summed E-state index contributed by atoms with van der Waals surface area (Å²) in [5, 5.41) is 0. The highest BCUT2D eigenvalue weighted by Crippen LogP contribution is 2.27. The molecule has 3 aromatic rings. The third-order valence-corrected chi connectivity index (χ3v) is 2.99. The smallest absolute Gasteiger partial charge is 0.180 e. The van der Waals surface area contributed by atoms with Gasteiger partial charge in [-0.15, -0.1) is 0 Å². The molecular weight excluding hydrogens is 236 g/mol. The first-order valence-electron chi connectivity index (χ1n) is 6.32. The SMILES string of the molecule is Cc1cccc(Oc2cc(C)cn3cc(C)nc23)c1. The van der Waals surface area contributed by atoms with Gasteiger partial charge in [0.2, 0.25) is 0 Å². The van der Waals surface area contributed by atoms with E-state index >= 15 is 0 Å². The van der Waals surface area contributed by atoms with Gasteiger partial charge in [0.15, 0.2) is 11.4 Å². The monoisotopic (exact) mass is 252 g/mol. The minimum atomic E-state index is 0.790. The summed E-state index contributed by atoms with van der Waals surface area (Å²) in [4.78, 5) is 4.51. The third kappa shape index (κ3) is 2.32. The fourth-order valence-corrected chi connectivity index (χ4v) is 2.21. The van der Waals surface area contributed by atoms with E-state index in [2.05, 4.69) is 31.1 Å². The Bertz CT molecular complexity index is 744. The van der Waals surface area contributed by atoms with Crippen molar-refractivity contribution in [3.8, 4) is 11.5 Å². The highest BCUT2D eigenvalue weighted by molar-refractivity contribution is 5.57. The number of benzene rings is 1. The van der Waals surface area contributed by atoms with E-state index in [1.54, 1.807) is 0 Å². The number of nitrogens with zero attached hydrogens (tertiary/aromatic N) is 2. The van der Waals surface area contributed by atoms with Crippen molar-refractivity contribution in [1.82, 2.24) is 9.38 Å². The van der Waals surface area contributed by atoms with Gasteiger partial charge >= 0.3 is 0 Å². The lowest BCUT2D eigenvalue weighted by atomic mass is 10.2. The van der Waals surface area contributed by atoms with E-state index in [9.17, 15) is 0 Å². The Labute approximate surface area is 112 Å². The van der Waals surface area contributed by atoms with Gasteiger partial charge in [-0.05, 0) is 50.1 Å². The number of hydrogen-bond donors (Lipinski definition) is 0. The van der Waals surface area contributed by atoms with Crippen LogP contribution in [0.4, 0.5) is 0 Å². The summed E-state index contributed by atoms with van der Waals surface area (Å²) >= 11 is 0. The minimum Gasteiger partial charge on any atom is -0.453 e. The molecule has 0 aliphatic rings. The van der Waals surface area contributed by atoms with Gasteiger partial charge in [0, 0.05) is 12.4 Å². The summed E-state index contributed by atoms with van der Waals surface area (Å²) in [6, 6.07) is 10.0. The van der Waals surface area contributed by atoms with Gasteiger partial charge in [0.05, 0.1) is 5.69 Å².